The Hall–Kier alpha value is -2.69. The number of amides is 2. The number of rotatable bonds is 7. The third-order valence-electron chi connectivity index (χ3n) is 4.71. The summed E-state index contributed by atoms with van der Waals surface area (Å²) in [5.41, 5.74) is 2.62. The first-order valence-electron chi connectivity index (χ1n) is 9.37. The molecule has 0 bridgehead atoms. The zero-order chi connectivity index (χ0) is 19.9. The van der Waals surface area contributed by atoms with Crippen molar-refractivity contribution in [1.82, 2.24) is 5.32 Å². The Kier molecular flexibility index (Phi) is 6.80. The molecule has 2 N–H and O–H groups in total. The summed E-state index contributed by atoms with van der Waals surface area (Å²) in [6.07, 6.45) is 4.69. The van der Waals surface area contributed by atoms with E-state index in [0.29, 0.717) is 34.8 Å². The average molecular weight is 398 g/mol. The largest absolute Gasteiger partial charge is 0.385 e. The number of benzene rings is 1. The average Bonchev–Trinajstić information content (AvgIpc) is 3.09. The number of anilines is 1. The van der Waals surface area contributed by atoms with Crippen molar-refractivity contribution in [2.24, 2.45) is 0 Å². The molecule has 0 fully saturated rings. The van der Waals surface area contributed by atoms with Crippen molar-refractivity contribution < 1.29 is 14.3 Å². The van der Waals surface area contributed by atoms with Crippen molar-refractivity contribution in [2.45, 2.75) is 32.1 Å². The van der Waals surface area contributed by atoms with Gasteiger partial charge in [-0.3, -0.25) is 9.59 Å². The molecular weight excluding hydrogens is 374 g/mol. The molecule has 1 aliphatic rings. The Bertz CT molecular complexity index is 897. The lowest BCUT2D eigenvalue weighted by atomic mass is 9.95. The van der Waals surface area contributed by atoms with Gasteiger partial charge >= 0.3 is 0 Å². The van der Waals surface area contributed by atoms with Gasteiger partial charge in [-0.25, -0.2) is 0 Å². The van der Waals surface area contributed by atoms with E-state index in [9.17, 15) is 9.59 Å². The number of thiophene rings is 1. The summed E-state index contributed by atoms with van der Waals surface area (Å²) in [6.45, 7) is 1.12. The third kappa shape index (κ3) is 4.58. The van der Waals surface area contributed by atoms with Gasteiger partial charge in [-0.1, -0.05) is 0 Å². The number of carbonyl (C=O) groups is 2. The highest BCUT2D eigenvalue weighted by molar-refractivity contribution is 7.17. The Morgan fingerprint density at radius 2 is 1.93 bits per heavy atom. The van der Waals surface area contributed by atoms with E-state index < -0.39 is 0 Å². The van der Waals surface area contributed by atoms with Gasteiger partial charge in [-0.15, -0.1) is 11.3 Å². The Balaban J connectivity index is 1.81. The number of ether oxygens (including phenoxy) is 1. The fraction of sp³-hybridized carbons (Fsp3) is 0.381. The van der Waals surface area contributed by atoms with Crippen LogP contribution in [0.25, 0.3) is 0 Å². The van der Waals surface area contributed by atoms with Crippen molar-refractivity contribution in [1.29, 1.82) is 5.26 Å². The molecule has 0 saturated heterocycles. The highest BCUT2D eigenvalue weighted by Crippen LogP contribution is 2.38. The van der Waals surface area contributed by atoms with Gasteiger partial charge in [-0.2, -0.15) is 5.26 Å². The van der Waals surface area contributed by atoms with Crippen LogP contribution in [0, 0.1) is 11.3 Å². The van der Waals surface area contributed by atoms with Crippen LogP contribution in [0.3, 0.4) is 0 Å². The van der Waals surface area contributed by atoms with Gasteiger partial charge in [0.15, 0.2) is 0 Å². The van der Waals surface area contributed by atoms with Crippen LogP contribution in [0.2, 0.25) is 0 Å². The van der Waals surface area contributed by atoms with E-state index in [1.807, 2.05) is 6.07 Å². The minimum Gasteiger partial charge on any atom is -0.385 e. The molecule has 1 heterocycles. The van der Waals surface area contributed by atoms with Gasteiger partial charge in [0.2, 0.25) is 0 Å². The maximum Gasteiger partial charge on any atom is 0.256 e. The van der Waals surface area contributed by atoms with Crippen molar-refractivity contribution in [3.8, 4) is 6.07 Å². The summed E-state index contributed by atoms with van der Waals surface area (Å²) < 4.78 is 5.02. The number of methoxy groups -OCH3 is 1. The van der Waals surface area contributed by atoms with E-state index in [0.717, 1.165) is 37.7 Å². The van der Waals surface area contributed by atoms with E-state index in [1.54, 1.807) is 31.4 Å². The molecule has 2 aromatic rings. The van der Waals surface area contributed by atoms with Crippen molar-refractivity contribution in [2.75, 3.05) is 25.6 Å². The summed E-state index contributed by atoms with van der Waals surface area (Å²) in [5, 5.41) is 15.4. The molecule has 0 aliphatic heterocycles. The lowest BCUT2D eigenvalue weighted by Crippen LogP contribution is -2.27. The molecule has 1 aliphatic carbocycles. The SMILES string of the molecule is COCCCNC(=O)c1c(NC(=O)c2ccc(C#N)cc2)sc2c1CCCC2. The number of fused-ring (bicyclic) bond motifs is 1. The summed E-state index contributed by atoms with van der Waals surface area (Å²) in [6, 6.07) is 8.49. The third-order valence-corrected chi connectivity index (χ3v) is 5.92. The number of hydrogen-bond donors (Lipinski definition) is 2. The topological polar surface area (TPSA) is 91.2 Å². The standard InChI is InChI=1S/C21H23N3O3S/c1-27-12-4-11-23-20(26)18-16-5-2-3-6-17(16)28-21(18)24-19(25)15-9-7-14(13-22)8-10-15/h7-10H,2-6,11-12H2,1H3,(H,23,26)(H,24,25). The van der Waals surface area contributed by atoms with Crippen LogP contribution in [0.5, 0.6) is 0 Å². The Morgan fingerprint density at radius 1 is 1.18 bits per heavy atom. The van der Waals surface area contributed by atoms with Gasteiger partial charge in [0.1, 0.15) is 5.00 Å². The van der Waals surface area contributed by atoms with Crippen molar-refractivity contribution in [3.63, 3.8) is 0 Å². The second-order valence-electron chi connectivity index (χ2n) is 6.66. The molecule has 0 saturated carbocycles. The van der Waals surface area contributed by atoms with Crippen molar-refractivity contribution in [3.05, 3.63) is 51.4 Å². The minimum atomic E-state index is -0.281. The molecule has 0 radical (unpaired) electrons. The van der Waals surface area contributed by atoms with Gasteiger partial charge in [0, 0.05) is 30.7 Å². The maximum atomic E-state index is 12.8. The van der Waals surface area contributed by atoms with Crippen LogP contribution in [0.15, 0.2) is 24.3 Å². The lowest BCUT2D eigenvalue weighted by molar-refractivity contribution is 0.0948. The van der Waals surface area contributed by atoms with E-state index in [2.05, 4.69) is 10.6 Å². The second kappa shape index (κ2) is 9.49. The van der Waals surface area contributed by atoms with Gasteiger partial charge in [0.05, 0.1) is 17.2 Å². The quantitative estimate of drug-likeness (QED) is 0.700. The van der Waals surface area contributed by atoms with Crippen LogP contribution in [0.1, 0.15) is 56.0 Å². The molecule has 3 rings (SSSR count). The molecule has 0 spiro atoms. The molecule has 1 aromatic carbocycles. The van der Waals surface area contributed by atoms with E-state index in [4.69, 9.17) is 10.00 Å². The normalized spacial score (nSPS) is 12.7. The summed E-state index contributed by atoms with van der Waals surface area (Å²) in [7, 11) is 1.63. The first kappa shape index (κ1) is 20.1. The zero-order valence-corrected chi connectivity index (χ0v) is 16.7. The molecule has 0 atom stereocenters. The summed E-state index contributed by atoms with van der Waals surface area (Å²) in [4.78, 5) is 26.7. The predicted molar refractivity (Wildman–Crippen MR) is 109 cm³/mol. The van der Waals surface area contributed by atoms with E-state index >= 15 is 0 Å². The molecule has 0 unspecified atom stereocenters. The van der Waals surface area contributed by atoms with E-state index in [1.165, 1.54) is 16.2 Å². The molecule has 1 aromatic heterocycles. The first-order chi connectivity index (χ1) is 13.6. The highest BCUT2D eigenvalue weighted by Gasteiger charge is 2.26. The molecule has 7 heteroatoms. The van der Waals surface area contributed by atoms with Gasteiger partial charge < -0.3 is 15.4 Å². The number of hydrogen-bond acceptors (Lipinski definition) is 5. The fourth-order valence-electron chi connectivity index (χ4n) is 3.27. The summed E-state index contributed by atoms with van der Waals surface area (Å²) >= 11 is 1.49. The molecule has 2 amide bonds. The number of nitrogens with zero attached hydrogens (tertiary/aromatic N) is 1. The number of aryl methyl sites for hydroxylation is 1. The smallest absolute Gasteiger partial charge is 0.256 e. The molecule has 146 valence electrons. The van der Waals surface area contributed by atoms with Crippen molar-refractivity contribution >= 4 is 28.2 Å². The van der Waals surface area contributed by atoms with Gasteiger partial charge in [-0.05, 0) is 61.9 Å². The Morgan fingerprint density at radius 3 is 2.64 bits per heavy atom. The molecule has 28 heavy (non-hydrogen) atoms. The zero-order valence-electron chi connectivity index (χ0n) is 15.8. The van der Waals surface area contributed by atoms with Crippen LogP contribution < -0.4 is 10.6 Å². The Labute approximate surface area is 168 Å². The summed E-state index contributed by atoms with van der Waals surface area (Å²) in [5.74, 6) is -0.429. The number of nitriles is 1. The lowest BCUT2D eigenvalue weighted by Gasteiger charge is -2.13. The maximum absolute atomic E-state index is 12.8. The number of nitrogens with one attached hydrogen (secondary N) is 2. The fourth-order valence-corrected chi connectivity index (χ4v) is 4.55. The van der Waals surface area contributed by atoms with Crippen LogP contribution in [-0.2, 0) is 17.6 Å². The molecule has 6 nitrogen and oxygen atoms in total. The second-order valence-corrected chi connectivity index (χ2v) is 7.77. The number of carbonyl (C=O) groups excluding carboxylic acids is 2. The van der Waals surface area contributed by atoms with E-state index in [-0.39, 0.29) is 11.8 Å². The highest BCUT2D eigenvalue weighted by atomic mass is 32.1. The van der Waals surface area contributed by atoms with Crippen LogP contribution in [-0.4, -0.2) is 32.1 Å². The minimum absolute atomic E-state index is 0.148. The predicted octanol–water partition coefficient (Wildman–Crippen LogP) is 3.52. The monoisotopic (exact) mass is 397 g/mol. The molecular formula is C21H23N3O3S. The van der Waals surface area contributed by atoms with Crippen LogP contribution >= 0.6 is 11.3 Å². The van der Waals surface area contributed by atoms with Gasteiger partial charge in [0.25, 0.3) is 11.8 Å². The first-order valence-corrected chi connectivity index (χ1v) is 10.2. The van der Waals surface area contributed by atoms with Crippen LogP contribution in [0.4, 0.5) is 5.00 Å².